The molecule has 4 heterocycles. The minimum absolute atomic E-state index is 0.0101. The summed E-state index contributed by atoms with van der Waals surface area (Å²) in [7, 11) is 0. The summed E-state index contributed by atoms with van der Waals surface area (Å²) >= 11 is 13.3. The van der Waals surface area contributed by atoms with Gasteiger partial charge in [0.25, 0.3) is 0 Å². The fraction of sp³-hybridized carbons (Fsp3) is 0.375. The number of nitrogens with zero attached hydrogens (tertiary/aromatic N) is 2. The Kier molecular flexibility index (Phi) is 5.26. The summed E-state index contributed by atoms with van der Waals surface area (Å²) in [5.74, 6) is 1.02. The molecule has 0 aromatic carbocycles. The van der Waals surface area contributed by atoms with Crippen LogP contribution in [0.3, 0.4) is 0 Å². The maximum atomic E-state index is 6.28. The summed E-state index contributed by atoms with van der Waals surface area (Å²) in [5, 5.41) is 5.69. The summed E-state index contributed by atoms with van der Waals surface area (Å²) in [6.45, 7) is 2.03. The summed E-state index contributed by atoms with van der Waals surface area (Å²) in [6.07, 6.45) is 0.908. The van der Waals surface area contributed by atoms with E-state index in [9.17, 15) is 0 Å². The molecule has 3 aromatic rings. The minimum atomic E-state index is -0.0101. The summed E-state index contributed by atoms with van der Waals surface area (Å²) in [5.41, 5.74) is 7.12. The quantitative estimate of drug-likeness (QED) is 0.557. The highest BCUT2D eigenvalue weighted by Gasteiger charge is 2.29. The first-order chi connectivity index (χ1) is 12.1. The van der Waals surface area contributed by atoms with E-state index >= 15 is 0 Å². The Hall–Kier alpha value is -0.770. The Morgan fingerprint density at radius 2 is 2.32 bits per heavy atom. The second-order valence-corrected chi connectivity index (χ2v) is 9.08. The van der Waals surface area contributed by atoms with Gasteiger partial charge in [-0.15, -0.1) is 22.7 Å². The zero-order chi connectivity index (χ0) is 17.4. The molecule has 5 nitrogen and oxygen atoms in total. The maximum Gasteiger partial charge on any atom is 0.225 e. The van der Waals surface area contributed by atoms with Crippen molar-refractivity contribution in [1.82, 2.24) is 9.97 Å². The molecule has 0 bridgehead atoms. The number of nitrogens with two attached hydrogens (primary N) is 1. The summed E-state index contributed by atoms with van der Waals surface area (Å²) in [4.78, 5) is 11.3. The Labute approximate surface area is 166 Å². The zero-order valence-corrected chi connectivity index (χ0v) is 17.1. The molecule has 132 valence electrons. The average molecular weight is 460 g/mol. The van der Waals surface area contributed by atoms with Crippen molar-refractivity contribution >= 4 is 66.2 Å². The van der Waals surface area contributed by atoms with Crippen LogP contribution in [0.25, 0.3) is 10.2 Å². The number of fused-ring (bicyclic) bond motifs is 1. The number of hydrogen-bond donors (Lipinski definition) is 2. The second kappa shape index (κ2) is 7.46. The van der Waals surface area contributed by atoms with Crippen LogP contribution < -0.4 is 11.1 Å². The predicted octanol–water partition coefficient (Wildman–Crippen LogP) is 4.61. The number of halogens is 2. The van der Waals surface area contributed by atoms with E-state index in [0.29, 0.717) is 13.2 Å². The van der Waals surface area contributed by atoms with Gasteiger partial charge in [-0.25, -0.2) is 4.98 Å². The van der Waals surface area contributed by atoms with Crippen molar-refractivity contribution in [3.05, 3.63) is 37.0 Å². The molecule has 0 spiro atoms. The molecule has 0 saturated carbocycles. The number of rotatable bonds is 4. The molecule has 9 heteroatoms. The smallest absolute Gasteiger partial charge is 0.225 e. The fourth-order valence-electron chi connectivity index (χ4n) is 2.97. The fourth-order valence-corrected chi connectivity index (χ4v) is 6.05. The van der Waals surface area contributed by atoms with Gasteiger partial charge in [-0.05, 0) is 45.4 Å². The highest BCUT2D eigenvalue weighted by atomic mass is 79.9. The van der Waals surface area contributed by atoms with Crippen LogP contribution in [0.5, 0.6) is 0 Å². The highest BCUT2D eigenvalue weighted by Crippen LogP contribution is 2.44. The zero-order valence-electron chi connectivity index (χ0n) is 13.2. The molecule has 0 amide bonds. The van der Waals surface area contributed by atoms with E-state index in [4.69, 9.17) is 22.1 Å². The largest absolute Gasteiger partial charge is 0.380 e. The summed E-state index contributed by atoms with van der Waals surface area (Å²) < 4.78 is 7.45. The van der Waals surface area contributed by atoms with Crippen LogP contribution in [0.2, 0.25) is 5.28 Å². The second-order valence-electron chi connectivity index (χ2n) is 5.87. The number of ether oxygens (including phenoxy) is 1. The molecule has 3 N–H and O–H groups in total. The molecule has 3 aromatic heterocycles. The van der Waals surface area contributed by atoms with E-state index in [1.165, 1.54) is 9.75 Å². The van der Waals surface area contributed by atoms with Gasteiger partial charge in [0, 0.05) is 28.3 Å². The van der Waals surface area contributed by atoms with E-state index in [1.54, 1.807) is 22.7 Å². The van der Waals surface area contributed by atoms with Gasteiger partial charge >= 0.3 is 0 Å². The summed E-state index contributed by atoms with van der Waals surface area (Å²) in [6, 6.07) is 4.12. The molecule has 0 unspecified atom stereocenters. The average Bonchev–Trinajstić information content (AvgIpc) is 3.22. The normalized spacial score (nSPS) is 20.9. The molecule has 25 heavy (non-hydrogen) atoms. The maximum absolute atomic E-state index is 6.28. The van der Waals surface area contributed by atoms with Crippen molar-refractivity contribution in [2.24, 2.45) is 5.73 Å². The number of anilines is 1. The highest BCUT2D eigenvalue weighted by molar-refractivity contribution is 9.10. The topological polar surface area (TPSA) is 73.1 Å². The van der Waals surface area contributed by atoms with Gasteiger partial charge in [0.05, 0.1) is 22.3 Å². The molecule has 0 aliphatic carbocycles. The monoisotopic (exact) mass is 458 g/mol. The van der Waals surface area contributed by atoms with E-state index in [-0.39, 0.29) is 17.2 Å². The Morgan fingerprint density at radius 3 is 3.08 bits per heavy atom. The Balaban J connectivity index is 1.72. The lowest BCUT2D eigenvalue weighted by molar-refractivity contribution is 0.0702. The molecule has 1 saturated heterocycles. The Bertz CT molecular complexity index is 886. The van der Waals surface area contributed by atoms with E-state index in [1.807, 2.05) is 6.07 Å². The van der Waals surface area contributed by atoms with Gasteiger partial charge in [-0.3, -0.25) is 0 Å². The van der Waals surface area contributed by atoms with Crippen molar-refractivity contribution in [1.29, 1.82) is 0 Å². The van der Waals surface area contributed by atoms with Crippen molar-refractivity contribution in [3.63, 3.8) is 0 Å². The number of nitrogens with one attached hydrogen (secondary N) is 1. The van der Waals surface area contributed by atoms with Crippen LogP contribution in [0, 0.1) is 0 Å². The molecule has 0 radical (unpaired) electrons. The molecule has 4 rings (SSSR count). The third kappa shape index (κ3) is 3.56. The third-order valence-corrected chi connectivity index (χ3v) is 7.65. The molecule has 1 aliphatic rings. The number of thiophene rings is 2. The molecular weight excluding hydrogens is 444 g/mol. The van der Waals surface area contributed by atoms with E-state index in [2.05, 4.69) is 42.7 Å². The van der Waals surface area contributed by atoms with Gasteiger partial charge in [0.1, 0.15) is 11.3 Å². The molecular formula is C16H16BrClN4OS2. The first-order valence-corrected chi connectivity index (χ1v) is 10.7. The predicted molar refractivity (Wildman–Crippen MR) is 108 cm³/mol. The third-order valence-electron chi connectivity index (χ3n) is 4.22. The van der Waals surface area contributed by atoms with E-state index < -0.39 is 0 Å². The lowest BCUT2D eigenvalue weighted by atomic mass is 9.94. The standard InChI is InChI=1S/C16H16BrClN4OS2/c17-11-12-14(25-13(11)9-3-4-23-7-10(9)19)15(22-16(18)21-12)20-6-8-2-1-5-24-8/h1-2,5,9-10H,3-4,6-7,19H2,(H,20,21,22)/t9-,10-/m0/s1. The van der Waals surface area contributed by atoms with Crippen LogP contribution >= 0.6 is 50.2 Å². The molecule has 1 fully saturated rings. The van der Waals surface area contributed by atoms with E-state index in [0.717, 1.165) is 33.5 Å². The Morgan fingerprint density at radius 1 is 1.44 bits per heavy atom. The van der Waals surface area contributed by atoms with Crippen molar-refractivity contribution in [2.45, 2.75) is 24.9 Å². The van der Waals surface area contributed by atoms with Gasteiger partial charge in [0.2, 0.25) is 5.28 Å². The van der Waals surface area contributed by atoms with Crippen LogP contribution in [-0.4, -0.2) is 29.2 Å². The van der Waals surface area contributed by atoms with Crippen molar-refractivity contribution in [3.8, 4) is 0 Å². The van der Waals surface area contributed by atoms with Gasteiger partial charge < -0.3 is 15.8 Å². The minimum Gasteiger partial charge on any atom is -0.380 e. The van der Waals surface area contributed by atoms with Crippen molar-refractivity contribution < 1.29 is 4.74 Å². The van der Waals surface area contributed by atoms with Gasteiger partial charge in [0.15, 0.2) is 0 Å². The van der Waals surface area contributed by atoms with Gasteiger partial charge in [-0.2, -0.15) is 4.98 Å². The van der Waals surface area contributed by atoms with Gasteiger partial charge in [-0.1, -0.05) is 6.07 Å². The number of aromatic nitrogens is 2. The first-order valence-electron chi connectivity index (χ1n) is 7.88. The molecule has 1 aliphatic heterocycles. The molecule has 2 atom stereocenters. The number of hydrogen-bond acceptors (Lipinski definition) is 7. The first kappa shape index (κ1) is 17.6. The van der Waals surface area contributed by atoms with Crippen LogP contribution in [-0.2, 0) is 11.3 Å². The van der Waals surface area contributed by atoms with Crippen LogP contribution in [0.4, 0.5) is 5.82 Å². The van der Waals surface area contributed by atoms with Crippen LogP contribution in [0.15, 0.2) is 22.0 Å². The van der Waals surface area contributed by atoms with Crippen molar-refractivity contribution in [2.75, 3.05) is 18.5 Å². The lowest BCUT2D eigenvalue weighted by Gasteiger charge is -2.28. The lowest BCUT2D eigenvalue weighted by Crippen LogP contribution is -2.37. The van der Waals surface area contributed by atoms with Crippen LogP contribution in [0.1, 0.15) is 22.1 Å². The SMILES string of the molecule is N[C@H]1COCC[C@@H]1c1sc2c(NCc3cccs3)nc(Cl)nc2c1Br.